The molecule has 1 atom stereocenters. The molecule has 0 saturated heterocycles. The summed E-state index contributed by atoms with van der Waals surface area (Å²) in [5.74, 6) is 0.849. The molecule has 0 spiro atoms. The lowest BCUT2D eigenvalue weighted by Gasteiger charge is -2.18. The molecule has 0 radical (unpaired) electrons. The summed E-state index contributed by atoms with van der Waals surface area (Å²) in [5, 5.41) is 6.79. The average molecular weight is 438 g/mol. The first-order valence-corrected chi connectivity index (χ1v) is 8.19. The molecule has 0 amide bonds. The van der Waals surface area contributed by atoms with Gasteiger partial charge in [0.25, 0.3) is 0 Å². The van der Waals surface area contributed by atoms with Crippen LogP contribution in [0.15, 0.2) is 59.7 Å². The molecule has 5 heteroatoms. The molecule has 1 unspecified atom stereocenters. The third-order valence-corrected chi connectivity index (χ3v) is 3.72. The van der Waals surface area contributed by atoms with Crippen LogP contribution in [0.4, 0.5) is 0 Å². The molecule has 0 aliphatic heterocycles. The fraction of sp³-hybridized carbons (Fsp3) is 0.368. The summed E-state index contributed by atoms with van der Waals surface area (Å²) >= 11 is 0. The summed E-state index contributed by atoms with van der Waals surface area (Å²) in [4.78, 5) is 8.61. The number of nitrogens with zero attached hydrogens (tertiary/aromatic N) is 2. The van der Waals surface area contributed by atoms with E-state index in [9.17, 15) is 0 Å². The Morgan fingerprint density at radius 2 is 1.83 bits per heavy atom. The smallest absolute Gasteiger partial charge is 0.191 e. The number of benzene rings is 1. The molecule has 0 fully saturated rings. The highest BCUT2D eigenvalue weighted by molar-refractivity contribution is 14.0. The fourth-order valence-corrected chi connectivity index (χ4v) is 2.38. The van der Waals surface area contributed by atoms with Crippen molar-refractivity contribution in [2.75, 3.05) is 13.6 Å². The lowest BCUT2D eigenvalue weighted by molar-refractivity contribution is 0.593. The van der Waals surface area contributed by atoms with Gasteiger partial charge in [-0.25, -0.2) is 0 Å². The van der Waals surface area contributed by atoms with Crippen molar-refractivity contribution in [3.63, 3.8) is 0 Å². The summed E-state index contributed by atoms with van der Waals surface area (Å²) in [6.45, 7) is 3.01. The van der Waals surface area contributed by atoms with Gasteiger partial charge >= 0.3 is 0 Å². The van der Waals surface area contributed by atoms with E-state index in [-0.39, 0.29) is 24.0 Å². The summed E-state index contributed by atoms with van der Waals surface area (Å²) in [7, 11) is 1.81. The van der Waals surface area contributed by atoms with Gasteiger partial charge in [0.2, 0.25) is 0 Å². The molecule has 4 nitrogen and oxygen atoms in total. The standard InChI is InChI=1S/C19H26N4.HI/c1-16(11-12-17-8-4-3-5-9-17)23-19(20-2)22-15-13-18-10-6-7-14-21-18;/h3-10,14,16H,11-13,15H2,1-2H3,(H2,20,22,23);1H. The Morgan fingerprint density at radius 3 is 2.50 bits per heavy atom. The van der Waals surface area contributed by atoms with E-state index in [1.165, 1.54) is 5.56 Å². The Hall–Kier alpha value is -1.63. The number of halogens is 1. The number of aliphatic imine (C=N–C) groups is 1. The summed E-state index contributed by atoms with van der Waals surface area (Å²) in [6, 6.07) is 16.9. The summed E-state index contributed by atoms with van der Waals surface area (Å²) < 4.78 is 0. The van der Waals surface area contributed by atoms with Crippen molar-refractivity contribution in [1.29, 1.82) is 0 Å². The lowest BCUT2D eigenvalue weighted by atomic mass is 10.1. The Kier molecular flexibility index (Phi) is 10.1. The summed E-state index contributed by atoms with van der Waals surface area (Å²) in [5.41, 5.74) is 2.46. The van der Waals surface area contributed by atoms with E-state index in [0.29, 0.717) is 6.04 Å². The maximum Gasteiger partial charge on any atom is 0.191 e. The molecule has 130 valence electrons. The van der Waals surface area contributed by atoms with Gasteiger partial charge in [0.1, 0.15) is 0 Å². The highest BCUT2D eigenvalue weighted by Gasteiger charge is 2.05. The first-order chi connectivity index (χ1) is 11.3. The molecule has 0 aliphatic rings. The molecule has 2 rings (SSSR count). The van der Waals surface area contributed by atoms with E-state index in [4.69, 9.17) is 0 Å². The number of aryl methyl sites for hydroxylation is 1. The van der Waals surface area contributed by atoms with Gasteiger partial charge in [0, 0.05) is 37.9 Å². The van der Waals surface area contributed by atoms with Gasteiger partial charge in [-0.1, -0.05) is 36.4 Å². The zero-order valence-electron chi connectivity index (χ0n) is 14.4. The quantitative estimate of drug-likeness (QED) is 0.396. The van der Waals surface area contributed by atoms with E-state index in [0.717, 1.165) is 37.5 Å². The highest BCUT2D eigenvalue weighted by atomic mass is 127. The molecular formula is C19H27IN4. The van der Waals surface area contributed by atoms with Gasteiger partial charge in [0.05, 0.1) is 0 Å². The minimum atomic E-state index is 0. The van der Waals surface area contributed by atoms with Gasteiger partial charge in [-0.3, -0.25) is 9.98 Å². The zero-order chi connectivity index (χ0) is 16.3. The van der Waals surface area contributed by atoms with Crippen molar-refractivity contribution in [1.82, 2.24) is 15.6 Å². The molecule has 2 N–H and O–H groups in total. The van der Waals surface area contributed by atoms with Crippen LogP contribution >= 0.6 is 24.0 Å². The van der Waals surface area contributed by atoms with Crippen LogP contribution in [0.2, 0.25) is 0 Å². The minimum absolute atomic E-state index is 0. The predicted octanol–water partition coefficient (Wildman–Crippen LogP) is 3.43. The van der Waals surface area contributed by atoms with Crippen LogP contribution in [0.5, 0.6) is 0 Å². The zero-order valence-corrected chi connectivity index (χ0v) is 16.7. The second-order valence-corrected chi connectivity index (χ2v) is 5.64. The van der Waals surface area contributed by atoms with Crippen molar-refractivity contribution in [3.05, 3.63) is 66.0 Å². The first-order valence-electron chi connectivity index (χ1n) is 8.19. The Balaban J connectivity index is 0.00000288. The predicted molar refractivity (Wildman–Crippen MR) is 112 cm³/mol. The third kappa shape index (κ3) is 7.77. The number of nitrogens with one attached hydrogen (secondary N) is 2. The van der Waals surface area contributed by atoms with E-state index in [2.05, 4.69) is 57.9 Å². The SMILES string of the molecule is CN=C(NCCc1ccccn1)NC(C)CCc1ccccc1.I. The van der Waals surface area contributed by atoms with E-state index >= 15 is 0 Å². The number of aromatic nitrogens is 1. The van der Waals surface area contributed by atoms with Crippen LogP contribution < -0.4 is 10.6 Å². The molecule has 0 aliphatic carbocycles. The monoisotopic (exact) mass is 438 g/mol. The van der Waals surface area contributed by atoms with Gasteiger partial charge < -0.3 is 10.6 Å². The topological polar surface area (TPSA) is 49.3 Å². The largest absolute Gasteiger partial charge is 0.356 e. The minimum Gasteiger partial charge on any atom is -0.356 e. The van der Waals surface area contributed by atoms with Gasteiger partial charge in [-0.05, 0) is 37.5 Å². The molecule has 1 aromatic carbocycles. The first kappa shape index (κ1) is 20.4. The van der Waals surface area contributed by atoms with E-state index in [1.807, 2.05) is 24.4 Å². The van der Waals surface area contributed by atoms with Crippen LogP contribution in [0.3, 0.4) is 0 Å². The van der Waals surface area contributed by atoms with Crippen molar-refractivity contribution in [2.45, 2.75) is 32.2 Å². The third-order valence-electron chi connectivity index (χ3n) is 3.72. The Labute approximate surface area is 162 Å². The number of rotatable bonds is 7. The fourth-order valence-electron chi connectivity index (χ4n) is 2.38. The molecular weight excluding hydrogens is 411 g/mol. The second kappa shape index (κ2) is 11.8. The maximum absolute atomic E-state index is 4.33. The normalized spacial score (nSPS) is 12.2. The second-order valence-electron chi connectivity index (χ2n) is 5.64. The molecule has 2 aromatic rings. The van der Waals surface area contributed by atoms with Crippen molar-refractivity contribution >= 4 is 29.9 Å². The molecule has 0 bridgehead atoms. The van der Waals surface area contributed by atoms with Gasteiger partial charge in [-0.15, -0.1) is 24.0 Å². The molecule has 0 saturated carbocycles. The molecule has 1 aromatic heterocycles. The number of guanidine groups is 1. The van der Waals surface area contributed by atoms with E-state index < -0.39 is 0 Å². The van der Waals surface area contributed by atoms with Crippen molar-refractivity contribution < 1.29 is 0 Å². The van der Waals surface area contributed by atoms with Crippen molar-refractivity contribution in [3.8, 4) is 0 Å². The van der Waals surface area contributed by atoms with Crippen LogP contribution in [-0.2, 0) is 12.8 Å². The number of hydrogen-bond donors (Lipinski definition) is 2. The highest BCUT2D eigenvalue weighted by Crippen LogP contribution is 2.04. The van der Waals surface area contributed by atoms with E-state index in [1.54, 1.807) is 7.05 Å². The summed E-state index contributed by atoms with van der Waals surface area (Å²) in [6.07, 6.45) is 4.86. The van der Waals surface area contributed by atoms with Crippen LogP contribution in [0.1, 0.15) is 24.6 Å². The van der Waals surface area contributed by atoms with Crippen LogP contribution in [-0.4, -0.2) is 30.6 Å². The van der Waals surface area contributed by atoms with Crippen LogP contribution in [0, 0.1) is 0 Å². The average Bonchev–Trinajstić information content (AvgIpc) is 2.61. The van der Waals surface area contributed by atoms with Gasteiger partial charge in [-0.2, -0.15) is 0 Å². The maximum atomic E-state index is 4.33. The number of pyridine rings is 1. The molecule has 24 heavy (non-hydrogen) atoms. The molecule has 1 heterocycles. The Morgan fingerprint density at radius 1 is 1.08 bits per heavy atom. The Bertz CT molecular complexity index is 587. The lowest BCUT2D eigenvalue weighted by Crippen LogP contribution is -2.43. The van der Waals surface area contributed by atoms with Crippen molar-refractivity contribution in [2.24, 2.45) is 4.99 Å². The van der Waals surface area contributed by atoms with Crippen LogP contribution in [0.25, 0.3) is 0 Å². The van der Waals surface area contributed by atoms with Gasteiger partial charge in [0.15, 0.2) is 5.96 Å². The number of hydrogen-bond acceptors (Lipinski definition) is 2.